The summed E-state index contributed by atoms with van der Waals surface area (Å²) in [6.07, 6.45) is 7.21. The van der Waals surface area contributed by atoms with Gasteiger partial charge in [0.05, 0.1) is 11.1 Å². The molecule has 10 heteroatoms. The molecule has 1 N–H and O–H groups in total. The van der Waals surface area contributed by atoms with Gasteiger partial charge in [-0.25, -0.2) is 10.4 Å². The number of pyridine rings is 1. The second-order valence-corrected chi connectivity index (χ2v) is 7.49. The van der Waals surface area contributed by atoms with Gasteiger partial charge in [0, 0.05) is 37.0 Å². The minimum Gasteiger partial charge on any atom is -0.356 e. The minimum atomic E-state index is -0.616. The third-order valence-electron chi connectivity index (χ3n) is 5.33. The maximum absolute atomic E-state index is 13.2. The molecule has 1 fully saturated rings. The summed E-state index contributed by atoms with van der Waals surface area (Å²) in [5.41, 5.74) is 2.77. The molecular weight excluding hydrogens is 412 g/mol. The predicted octanol–water partition coefficient (Wildman–Crippen LogP) is 2.75. The Bertz CT molecular complexity index is 1240. The Morgan fingerprint density at radius 2 is 1.91 bits per heavy atom. The highest BCUT2D eigenvalue weighted by Crippen LogP contribution is 2.20. The molecule has 1 amide bonds. The van der Waals surface area contributed by atoms with E-state index >= 15 is 0 Å². The maximum atomic E-state index is 13.2. The van der Waals surface area contributed by atoms with Crippen LogP contribution in [0.25, 0.3) is 5.65 Å². The molecule has 1 saturated heterocycles. The number of nitrogens with zero attached hydrogens (tertiary/aromatic N) is 5. The Morgan fingerprint density at radius 3 is 2.66 bits per heavy atom. The molecule has 164 valence electrons. The van der Waals surface area contributed by atoms with E-state index in [1.165, 1.54) is 34.9 Å². The number of hydrogen-bond acceptors (Lipinski definition) is 7. The first-order chi connectivity index (χ1) is 15.5. The SMILES string of the molecule is O=C(N/N=C/c1c(N2CCCCCC2)nc2ccccn2c1=O)c1cccc([N+](=O)[O-])c1. The number of rotatable bonds is 5. The average molecular weight is 434 g/mol. The fourth-order valence-corrected chi connectivity index (χ4v) is 3.71. The fraction of sp³-hybridized carbons (Fsp3) is 0.273. The van der Waals surface area contributed by atoms with Gasteiger partial charge in [-0.1, -0.05) is 25.0 Å². The monoisotopic (exact) mass is 434 g/mol. The molecule has 2 aromatic heterocycles. The van der Waals surface area contributed by atoms with Crippen molar-refractivity contribution in [3.05, 3.63) is 80.3 Å². The van der Waals surface area contributed by atoms with Crippen LogP contribution in [0.4, 0.5) is 11.5 Å². The summed E-state index contributed by atoms with van der Waals surface area (Å²) in [4.78, 5) is 42.7. The Hall–Kier alpha value is -4.08. The van der Waals surface area contributed by atoms with E-state index in [0.717, 1.165) is 38.8 Å². The van der Waals surface area contributed by atoms with Crippen LogP contribution in [0.15, 0.2) is 58.6 Å². The summed E-state index contributed by atoms with van der Waals surface area (Å²) in [5.74, 6) is -0.0772. The van der Waals surface area contributed by atoms with Crippen molar-refractivity contribution in [2.24, 2.45) is 5.10 Å². The zero-order valence-electron chi connectivity index (χ0n) is 17.3. The number of hydrazone groups is 1. The zero-order valence-corrected chi connectivity index (χ0v) is 17.3. The molecule has 0 bridgehead atoms. The number of amides is 1. The number of nitro benzene ring substituents is 1. The molecule has 1 aromatic carbocycles. The van der Waals surface area contributed by atoms with Crippen molar-refractivity contribution >= 4 is 29.3 Å². The molecule has 3 heterocycles. The van der Waals surface area contributed by atoms with Gasteiger partial charge in [0.25, 0.3) is 17.2 Å². The predicted molar refractivity (Wildman–Crippen MR) is 120 cm³/mol. The minimum absolute atomic E-state index is 0.0949. The van der Waals surface area contributed by atoms with E-state index in [4.69, 9.17) is 4.98 Å². The van der Waals surface area contributed by atoms with Crippen LogP contribution in [0.1, 0.15) is 41.6 Å². The fourth-order valence-electron chi connectivity index (χ4n) is 3.71. The number of anilines is 1. The number of carbonyl (C=O) groups is 1. The van der Waals surface area contributed by atoms with Crippen LogP contribution in [0.2, 0.25) is 0 Å². The van der Waals surface area contributed by atoms with Gasteiger partial charge in [-0.3, -0.25) is 24.1 Å². The van der Waals surface area contributed by atoms with Crippen LogP contribution in [0.3, 0.4) is 0 Å². The number of fused-ring (bicyclic) bond motifs is 1. The van der Waals surface area contributed by atoms with Crippen molar-refractivity contribution in [2.45, 2.75) is 25.7 Å². The van der Waals surface area contributed by atoms with E-state index in [-0.39, 0.29) is 22.4 Å². The van der Waals surface area contributed by atoms with Gasteiger partial charge >= 0.3 is 0 Å². The summed E-state index contributed by atoms with van der Waals surface area (Å²) >= 11 is 0. The Kier molecular flexibility index (Phi) is 6.20. The molecule has 0 spiro atoms. The first-order valence-corrected chi connectivity index (χ1v) is 10.4. The van der Waals surface area contributed by atoms with E-state index in [9.17, 15) is 19.7 Å². The van der Waals surface area contributed by atoms with Gasteiger partial charge in [0.1, 0.15) is 17.0 Å². The number of nitrogens with one attached hydrogen (secondary N) is 1. The van der Waals surface area contributed by atoms with Crippen molar-refractivity contribution in [3.8, 4) is 0 Å². The largest absolute Gasteiger partial charge is 0.356 e. The summed E-state index contributed by atoms with van der Waals surface area (Å²) in [6, 6.07) is 10.7. The Labute approximate surface area is 183 Å². The van der Waals surface area contributed by atoms with Crippen LogP contribution in [-0.2, 0) is 0 Å². The highest BCUT2D eigenvalue weighted by Gasteiger charge is 2.19. The molecule has 0 unspecified atom stereocenters. The van der Waals surface area contributed by atoms with Crippen molar-refractivity contribution in [3.63, 3.8) is 0 Å². The molecule has 1 aliphatic rings. The zero-order chi connectivity index (χ0) is 22.5. The van der Waals surface area contributed by atoms with Crippen LogP contribution < -0.4 is 15.9 Å². The van der Waals surface area contributed by atoms with E-state index in [1.54, 1.807) is 18.3 Å². The van der Waals surface area contributed by atoms with Crippen molar-refractivity contribution < 1.29 is 9.72 Å². The van der Waals surface area contributed by atoms with Crippen LogP contribution in [0.5, 0.6) is 0 Å². The van der Waals surface area contributed by atoms with Gasteiger partial charge in [0.15, 0.2) is 0 Å². The molecule has 0 saturated carbocycles. The lowest BCUT2D eigenvalue weighted by atomic mass is 10.2. The van der Waals surface area contributed by atoms with E-state index in [0.29, 0.717) is 11.5 Å². The molecule has 0 radical (unpaired) electrons. The first-order valence-electron chi connectivity index (χ1n) is 10.4. The lowest BCUT2D eigenvalue weighted by Gasteiger charge is -2.23. The quantitative estimate of drug-likeness (QED) is 0.374. The summed E-state index contributed by atoms with van der Waals surface area (Å²) in [7, 11) is 0. The standard InChI is InChI=1S/C22H22N6O4/c29-21(16-8-7-9-17(14-16)28(31)32)25-23-15-18-20(26-11-4-1-2-5-12-26)24-19-10-3-6-13-27(19)22(18)30/h3,6-10,13-15H,1-2,4-5,11-12H2,(H,25,29)/b23-15+. The molecule has 0 atom stereocenters. The van der Waals surface area contributed by atoms with Gasteiger partial charge in [-0.15, -0.1) is 0 Å². The number of aromatic nitrogens is 2. The van der Waals surface area contributed by atoms with Crippen LogP contribution in [0, 0.1) is 10.1 Å². The van der Waals surface area contributed by atoms with E-state index in [1.807, 2.05) is 6.07 Å². The van der Waals surface area contributed by atoms with Crippen molar-refractivity contribution in [2.75, 3.05) is 18.0 Å². The topological polar surface area (TPSA) is 122 Å². The Morgan fingerprint density at radius 1 is 1.12 bits per heavy atom. The molecule has 1 aliphatic heterocycles. The highest BCUT2D eigenvalue weighted by atomic mass is 16.6. The lowest BCUT2D eigenvalue weighted by molar-refractivity contribution is -0.384. The number of nitro groups is 1. The van der Waals surface area contributed by atoms with Gasteiger partial charge < -0.3 is 4.90 Å². The molecular formula is C22H22N6O4. The van der Waals surface area contributed by atoms with Crippen LogP contribution in [-0.4, -0.2) is 39.5 Å². The molecule has 0 aliphatic carbocycles. The third-order valence-corrected chi connectivity index (χ3v) is 5.33. The maximum Gasteiger partial charge on any atom is 0.271 e. The van der Waals surface area contributed by atoms with Crippen molar-refractivity contribution in [1.82, 2.24) is 14.8 Å². The number of benzene rings is 1. The molecule has 32 heavy (non-hydrogen) atoms. The summed E-state index contributed by atoms with van der Waals surface area (Å²) in [6.45, 7) is 1.58. The molecule has 10 nitrogen and oxygen atoms in total. The molecule has 3 aromatic rings. The van der Waals surface area contributed by atoms with E-state index in [2.05, 4.69) is 15.4 Å². The second-order valence-electron chi connectivity index (χ2n) is 7.49. The van der Waals surface area contributed by atoms with Crippen molar-refractivity contribution in [1.29, 1.82) is 0 Å². The van der Waals surface area contributed by atoms with Gasteiger partial charge in [-0.2, -0.15) is 5.10 Å². The number of carbonyl (C=O) groups excluding carboxylic acids is 1. The second kappa shape index (κ2) is 9.38. The first kappa shape index (κ1) is 21.2. The summed E-state index contributed by atoms with van der Waals surface area (Å²) < 4.78 is 1.44. The normalized spacial score (nSPS) is 14.4. The van der Waals surface area contributed by atoms with Gasteiger partial charge in [-0.05, 0) is 31.0 Å². The van der Waals surface area contributed by atoms with Gasteiger partial charge in [0.2, 0.25) is 0 Å². The van der Waals surface area contributed by atoms with E-state index < -0.39 is 10.8 Å². The summed E-state index contributed by atoms with van der Waals surface area (Å²) in [5, 5.41) is 14.9. The number of non-ortho nitro benzene ring substituents is 1. The third kappa shape index (κ3) is 4.48. The Balaban J connectivity index is 1.66. The highest BCUT2D eigenvalue weighted by molar-refractivity contribution is 5.96. The average Bonchev–Trinajstić information content (AvgIpc) is 3.10. The lowest BCUT2D eigenvalue weighted by Crippen LogP contribution is -2.31. The molecule has 4 rings (SSSR count). The van der Waals surface area contributed by atoms with Crippen LogP contribution >= 0.6 is 0 Å². The number of hydrogen-bond donors (Lipinski definition) is 1. The smallest absolute Gasteiger partial charge is 0.271 e.